The molecule has 0 spiro atoms. The third-order valence-corrected chi connectivity index (χ3v) is 4.20. The van der Waals surface area contributed by atoms with Gasteiger partial charge in [0, 0.05) is 18.5 Å². The van der Waals surface area contributed by atoms with Crippen LogP contribution in [0.2, 0.25) is 0 Å². The molecular weight excluding hydrogens is 370 g/mol. The highest BCUT2D eigenvalue weighted by Crippen LogP contribution is 2.37. The van der Waals surface area contributed by atoms with Crippen LogP contribution in [0.3, 0.4) is 0 Å². The molecule has 0 aliphatic heterocycles. The second-order valence-electron chi connectivity index (χ2n) is 4.01. The Morgan fingerprint density at radius 3 is 2.58 bits per heavy atom. The Kier molecular flexibility index (Phi) is 3.53. The van der Waals surface area contributed by atoms with Crippen molar-refractivity contribution in [2.45, 2.75) is 0 Å². The van der Waals surface area contributed by atoms with E-state index in [0.717, 1.165) is 25.8 Å². The molecule has 0 amide bonds. The molecule has 0 unspecified atom stereocenters. The van der Waals surface area contributed by atoms with Gasteiger partial charge in [-0.25, -0.2) is 0 Å². The number of nitrogens with zero attached hydrogens (tertiary/aromatic N) is 1. The third-order valence-electron chi connectivity index (χ3n) is 2.78. The van der Waals surface area contributed by atoms with Crippen molar-refractivity contribution in [3.05, 3.63) is 63.8 Å². The Morgan fingerprint density at radius 1 is 0.895 bits per heavy atom. The smallest absolute Gasteiger partial charge is 0.144 e. The lowest BCUT2D eigenvalue weighted by Crippen LogP contribution is -1.88. The van der Waals surface area contributed by atoms with Gasteiger partial charge >= 0.3 is 0 Å². The van der Waals surface area contributed by atoms with Gasteiger partial charge in [0.05, 0.1) is 8.95 Å². The summed E-state index contributed by atoms with van der Waals surface area (Å²) in [4.78, 5) is 4.02. The molecule has 1 heterocycles. The van der Waals surface area contributed by atoms with Gasteiger partial charge in [-0.2, -0.15) is 0 Å². The molecular formula is C15H9Br2NO. The SMILES string of the molecule is Brc1cnccc1Oc1ccc2ccccc2c1Br. The first kappa shape index (κ1) is 12.6. The van der Waals surface area contributed by atoms with E-state index in [4.69, 9.17) is 4.74 Å². The number of halogens is 2. The summed E-state index contributed by atoms with van der Waals surface area (Å²) >= 11 is 7.03. The maximum atomic E-state index is 5.91. The molecule has 3 aromatic rings. The second-order valence-corrected chi connectivity index (χ2v) is 5.65. The van der Waals surface area contributed by atoms with Gasteiger partial charge in [0.25, 0.3) is 0 Å². The van der Waals surface area contributed by atoms with Crippen LogP contribution in [0, 0.1) is 0 Å². The van der Waals surface area contributed by atoms with E-state index in [0.29, 0.717) is 0 Å². The van der Waals surface area contributed by atoms with Gasteiger partial charge in [0.2, 0.25) is 0 Å². The molecule has 0 fully saturated rings. The zero-order chi connectivity index (χ0) is 13.2. The van der Waals surface area contributed by atoms with Gasteiger partial charge < -0.3 is 4.74 Å². The average Bonchev–Trinajstić information content (AvgIpc) is 2.44. The minimum atomic E-state index is 0.742. The second kappa shape index (κ2) is 5.31. The first-order chi connectivity index (χ1) is 9.25. The van der Waals surface area contributed by atoms with Crippen LogP contribution in [0.25, 0.3) is 10.8 Å². The van der Waals surface area contributed by atoms with Crippen molar-refractivity contribution in [2.75, 3.05) is 0 Å². The summed E-state index contributed by atoms with van der Waals surface area (Å²) in [5.74, 6) is 1.52. The lowest BCUT2D eigenvalue weighted by atomic mass is 10.1. The summed E-state index contributed by atoms with van der Waals surface area (Å²) in [5.41, 5.74) is 0. The zero-order valence-electron chi connectivity index (χ0n) is 9.81. The van der Waals surface area contributed by atoms with Crippen LogP contribution in [-0.2, 0) is 0 Å². The van der Waals surface area contributed by atoms with E-state index in [2.05, 4.69) is 49.0 Å². The summed E-state index contributed by atoms with van der Waals surface area (Å²) in [7, 11) is 0. The van der Waals surface area contributed by atoms with Crippen LogP contribution in [0.1, 0.15) is 0 Å². The van der Waals surface area contributed by atoms with Crippen molar-refractivity contribution >= 4 is 42.6 Å². The number of benzene rings is 2. The first-order valence-electron chi connectivity index (χ1n) is 5.70. The predicted molar refractivity (Wildman–Crippen MR) is 83.7 cm³/mol. The molecule has 2 aromatic carbocycles. The van der Waals surface area contributed by atoms with E-state index in [9.17, 15) is 0 Å². The van der Waals surface area contributed by atoms with Gasteiger partial charge in [-0.1, -0.05) is 30.3 Å². The molecule has 94 valence electrons. The lowest BCUT2D eigenvalue weighted by molar-refractivity contribution is 0.476. The molecule has 0 aliphatic rings. The van der Waals surface area contributed by atoms with Crippen LogP contribution in [0.15, 0.2) is 63.8 Å². The fourth-order valence-electron chi connectivity index (χ4n) is 1.86. The van der Waals surface area contributed by atoms with Gasteiger partial charge in [-0.15, -0.1) is 0 Å². The molecule has 0 atom stereocenters. The van der Waals surface area contributed by atoms with Crippen molar-refractivity contribution < 1.29 is 4.74 Å². The number of ether oxygens (including phenoxy) is 1. The van der Waals surface area contributed by atoms with Crippen molar-refractivity contribution in [1.82, 2.24) is 4.98 Å². The number of fused-ring (bicyclic) bond motifs is 1. The summed E-state index contributed by atoms with van der Waals surface area (Å²) in [6.45, 7) is 0. The van der Waals surface area contributed by atoms with Crippen molar-refractivity contribution in [3.63, 3.8) is 0 Å². The van der Waals surface area contributed by atoms with E-state index < -0.39 is 0 Å². The Bertz CT molecular complexity index is 743. The molecule has 0 radical (unpaired) electrons. The number of pyridine rings is 1. The van der Waals surface area contributed by atoms with E-state index >= 15 is 0 Å². The van der Waals surface area contributed by atoms with Crippen molar-refractivity contribution in [2.24, 2.45) is 0 Å². The third kappa shape index (κ3) is 2.51. The Balaban J connectivity index is 2.07. The van der Waals surface area contributed by atoms with Crippen molar-refractivity contribution in [1.29, 1.82) is 0 Å². The lowest BCUT2D eigenvalue weighted by Gasteiger charge is -2.10. The molecule has 4 heteroatoms. The van der Waals surface area contributed by atoms with Gasteiger partial charge in [-0.05, 0) is 48.7 Å². The molecule has 0 N–H and O–H groups in total. The van der Waals surface area contributed by atoms with E-state index in [1.54, 1.807) is 12.4 Å². The number of rotatable bonds is 2. The largest absolute Gasteiger partial charge is 0.455 e. The normalized spacial score (nSPS) is 10.6. The van der Waals surface area contributed by atoms with Crippen LogP contribution >= 0.6 is 31.9 Å². The summed E-state index contributed by atoms with van der Waals surface area (Å²) in [5, 5.41) is 2.31. The summed E-state index contributed by atoms with van der Waals surface area (Å²) < 4.78 is 7.70. The fourth-order valence-corrected chi connectivity index (χ4v) is 2.76. The molecule has 3 rings (SSSR count). The Morgan fingerprint density at radius 2 is 1.74 bits per heavy atom. The molecule has 2 nitrogen and oxygen atoms in total. The fraction of sp³-hybridized carbons (Fsp3) is 0. The average molecular weight is 379 g/mol. The van der Waals surface area contributed by atoms with E-state index in [-0.39, 0.29) is 0 Å². The molecule has 0 saturated carbocycles. The highest BCUT2D eigenvalue weighted by atomic mass is 79.9. The highest BCUT2D eigenvalue weighted by molar-refractivity contribution is 9.11. The molecule has 0 bridgehead atoms. The van der Waals surface area contributed by atoms with Crippen LogP contribution in [0.4, 0.5) is 0 Å². The topological polar surface area (TPSA) is 22.1 Å². The number of hydrogen-bond donors (Lipinski definition) is 0. The van der Waals surface area contributed by atoms with Gasteiger partial charge in [0.15, 0.2) is 0 Å². The monoisotopic (exact) mass is 377 g/mol. The van der Waals surface area contributed by atoms with E-state index in [1.165, 1.54) is 5.39 Å². The minimum Gasteiger partial charge on any atom is -0.455 e. The maximum absolute atomic E-state index is 5.91. The standard InChI is InChI=1S/C15H9Br2NO/c16-12-9-18-8-7-13(12)19-14-6-5-10-3-1-2-4-11(10)15(14)17/h1-9H. The minimum absolute atomic E-state index is 0.742. The van der Waals surface area contributed by atoms with Gasteiger partial charge in [0.1, 0.15) is 11.5 Å². The summed E-state index contributed by atoms with van der Waals surface area (Å²) in [6, 6.07) is 14.0. The zero-order valence-corrected chi connectivity index (χ0v) is 13.0. The van der Waals surface area contributed by atoms with Gasteiger partial charge in [-0.3, -0.25) is 4.98 Å². The Labute approximate surface area is 127 Å². The van der Waals surface area contributed by atoms with E-state index in [1.807, 2.05) is 30.3 Å². The predicted octanol–water partition coefficient (Wildman–Crippen LogP) is 5.55. The number of aromatic nitrogens is 1. The van der Waals surface area contributed by atoms with Crippen LogP contribution in [-0.4, -0.2) is 4.98 Å². The first-order valence-corrected chi connectivity index (χ1v) is 7.29. The highest BCUT2D eigenvalue weighted by Gasteiger charge is 2.08. The van der Waals surface area contributed by atoms with Crippen LogP contribution < -0.4 is 4.74 Å². The van der Waals surface area contributed by atoms with Crippen LogP contribution in [0.5, 0.6) is 11.5 Å². The molecule has 0 saturated heterocycles. The number of hydrogen-bond acceptors (Lipinski definition) is 2. The Hall–Kier alpha value is -1.39. The molecule has 1 aromatic heterocycles. The van der Waals surface area contributed by atoms with Crippen molar-refractivity contribution in [3.8, 4) is 11.5 Å². The molecule has 19 heavy (non-hydrogen) atoms. The quantitative estimate of drug-likeness (QED) is 0.583. The summed E-state index contributed by atoms with van der Waals surface area (Å²) in [6.07, 6.45) is 3.42. The molecule has 0 aliphatic carbocycles. The maximum Gasteiger partial charge on any atom is 0.144 e.